The summed E-state index contributed by atoms with van der Waals surface area (Å²) in [6, 6.07) is 15.9. The Morgan fingerprint density at radius 1 is 1.11 bits per heavy atom. The maximum Gasteiger partial charge on any atom is 0.336 e. The summed E-state index contributed by atoms with van der Waals surface area (Å²) in [6.45, 7) is 2.17. The third kappa shape index (κ3) is 3.26. The van der Waals surface area contributed by atoms with E-state index >= 15 is 0 Å². The van der Waals surface area contributed by atoms with Crippen LogP contribution in [-0.4, -0.2) is 30.2 Å². The molecule has 0 aliphatic heterocycles. The van der Waals surface area contributed by atoms with Crippen molar-refractivity contribution in [1.29, 1.82) is 0 Å². The van der Waals surface area contributed by atoms with Crippen molar-refractivity contribution in [2.24, 2.45) is 5.92 Å². The standard InChI is InChI=1S/C24H24N2O2/c1-15-12-17(14-16-8-10-18(11-9-16)26(2)3)23-20(13-15)22(24(27)28)19-6-4-5-7-21(19)25-23/h4-11,14-15H,12-13H2,1-3H3,(H,27,28)/b17-14-. The van der Waals surface area contributed by atoms with Gasteiger partial charge in [0.15, 0.2) is 0 Å². The minimum absolute atomic E-state index is 0.376. The molecule has 1 aromatic heterocycles. The third-order valence-corrected chi connectivity index (χ3v) is 5.38. The number of nitrogens with zero attached hydrogens (tertiary/aromatic N) is 2. The summed E-state index contributed by atoms with van der Waals surface area (Å²) in [5.41, 5.74) is 6.21. The zero-order chi connectivity index (χ0) is 19.8. The number of hydrogen-bond donors (Lipinski definition) is 1. The number of anilines is 1. The second kappa shape index (κ2) is 7.12. The molecule has 142 valence electrons. The average molecular weight is 372 g/mol. The highest BCUT2D eigenvalue weighted by atomic mass is 16.4. The molecule has 4 rings (SSSR count). The molecule has 4 heteroatoms. The first-order chi connectivity index (χ1) is 13.4. The zero-order valence-corrected chi connectivity index (χ0v) is 16.4. The van der Waals surface area contributed by atoms with E-state index in [0.717, 1.165) is 51.8 Å². The van der Waals surface area contributed by atoms with Gasteiger partial charge in [0.2, 0.25) is 0 Å². The number of rotatable bonds is 3. The summed E-state index contributed by atoms with van der Waals surface area (Å²) < 4.78 is 0. The van der Waals surface area contributed by atoms with Crippen molar-refractivity contribution in [3.05, 3.63) is 70.9 Å². The van der Waals surface area contributed by atoms with Crippen LogP contribution in [0.5, 0.6) is 0 Å². The second-order valence-corrected chi connectivity index (χ2v) is 7.81. The van der Waals surface area contributed by atoms with Gasteiger partial charge in [-0.2, -0.15) is 0 Å². The Balaban J connectivity index is 1.90. The summed E-state index contributed by atoms with van der Waals surface area (Å²) in [5, 5.41) is 10.7. The van der Waals surface area contributed by atoms with E-state index in [-0.39, 0.29) is 0 Å². The lowest BCUT2D eigenvalue weighted by Gasteiger charge is -2.26. The molecule has 2 aromatic carbocycles. The van der Waals surface area contributed by atoms with Gasteiger partial charge < -0.3 is 10.0 Å². The normalized spacial score (nSPS) is 17.5. The van der Waals surface area contributed by atoms with Crippen LogP contribution >= 0.6 is 0 Å². The van der Waals surface area contributed by atoms with Crippen LogP contribution in [0.25, 0.3) is 22.6 Å². The minimum Gasteiger partial charge on any atom is -0.478 e. The van der Waals surface area contributed by atoms with Crippen LogP contribution in [0.4, 0.5) is 5.69 Å². The molecule has 1 N–H and O–H groups in total. The molecule has 1 aliphatic rings. The van der Waals surface area contributed by atoms with Gasteiger partial charge in [0.05, 0.1) is 16.8 Å². The number of para-hydroxylation sites is 1. The van der Waals surface area contributed by atoms with Crippen LogP contribution < -0.4 is 4.90 Å². The number of aromatic carboxylic acids is 1. The molecule has 1 atom stereocenters. The van der Waals surface area contributed by atoms with Gasteiger partial charge in [-0.05, 0) is 59.7 Å². The topological polar surface area (TPSA) is 53.4 Å². The summed E-state index contributed by atoms with van der Waals surface area (Å²) in [6.07, 6.45) is 3.79. The molecule has 4 nitrogen and oxygen atoms in total. The first kappa shape index (κ1) is 18.2. The number of fused-ring (bicyclic) bond motifs is 2. The van der Waals surface area contributed by atoms with Gasteiger partial charge in [-0.15, -0.1) is 0 Å². The van der Waals surface area contributed by atoms with Crippen molar-refractivity contribution in [2.45, 2.75) is 19.8 Å². The summed E-state index contributed by atoms with van der Waals surface area (Å²) in [5.74, 6) is -0.500. The number of benzene rings is 2. The highest BCUT2D eigenvalue weighted by molar-refractivity contribution is 6.05. The average Bonchev–Trinajstić information content (AvgIpc) is 2.66. The quantitative estimate of drug-likeness (QED) is 0.693. The van der Waals surface area contributed by atoms with E-state index in [2.05, 4.69) is 42.2 Å². The van der Waals surface area contributed by atoms with Crippen molar-refractivity contribution >= 4 is 34.2 Å². The van der Waals surface area contributed by atoms with Gasteiger partial charge >= 0.3 is 5.97 Å². The van der Waals surface area contributed by atoms with Gasteiger partial charge in [0.25, 0.3) is 0 Å². The summed E-state index contributed by atoms with van der Waals surface area (Å²) >= 11 is 0. The maximum absolute atomic E-state index is 12.1. The molecule has 0 spiro atoms. The van der Waals surface area contributed by atoms with Crippen LogP contribution in [0.3, 0.4) is 0 Å². The molecule has 0 saturated carbocycles. The van der Waals surface area contributed by atoms with Crippen LogP contribution in [0.1, 0.15) is 40.5 Å². The Morgan fingerprint density at radius 2 is 1.82 bits per heavy atom. The van der Waals surface area contributed by atoms with Gasteiger partial charge in [0, 0.05) is 25.2 Å². The molecular formula is C24H24N2O2. The van der Waals surface area contributed by atoms with E-state index in [1.54, 1.807) is 0 Å². The third-order valence-electron chi connectivity index (χ3n) is 5.38. The van der Waals surface area contributed by atoms with E-state index < -0.39 is 5.97 Å². The van der Waals surface area contributed by atoms with E-state index in [1.807, 2.05) is 38.4 Å². The molecule has 0 saturated heterocycles. The lowest BCUT2D eigenvalue weighted by Crippen LogP contribution is -2.17. The number of hydrogen-bond acceptors (Lipinski definition) is 3. The minimum atomic E-state index is -0.876. The second-order valence-electron chi connectivity index (χ2n) is 7.81. The first-order valence-electron chi connectivity index (χ1n) is 9.57. The number of aromatic nitrogens is 1. The van der Waals surface area contributed by atoms with Crippen molar-refractivity contribution in [2.75, 3.05) is 19.0 Å². The predicted molar refractivity (Wildman–Crippen MR) is 115 cm³/mol. The molecule has 0 radical (unpaired) electrons. The van der Waals surface area contributed by atoms with Crippen molar-refractivity contribution in [3.63, 3.8) is 0 Å². The largest absolute Gasteiger partial charge is 0.478 e. The Hall–Kier alpha value is -3.14. The monoisotopic (exact) mass is 372 g/mol. The first-order valence-corrected chi connectivity index (χ1v) is 9.57. The fraction of sp³-hybridized carbons (Fsp3) is 0.250. The summed E-state index contributed by atoms with van der Waals surface area (Å²) in [4.78, 5) is 19.1. The molecule has 0 bridgehead atoms. The number of carboxylic acids is 1. The van der Waals surface area contributed by atoms with Crippen molar-refractivity contribution < 1.29 is 9.90 Å². The molecule has 1 unspecified atom stereocenters. The molecule has 3 aromatic rings. The van der Waals surface area contributed by atoms with Crippen molar-refractivity contribution in [3.8, 4) is 0 Å². The van der Waals surface area contributed by atoms with Crippen LogP contribution in [0.15, 0.2) is 48.5 Å². The number of carbonyl (C=O) groups is 1. The van der Waals surface area contributed by atoms with E-state index in [9.17, 15) is 9.90 Å². The van der Waals surface area contributed by atoms with Gasteiger partial charge in [-0.3, -0.25) is 0 Å². The Morgan fingerprint density at radius 3 is 2.50 bits per heavy atom. The zero-order valence-electron chi connectivity index (χ0n) is 16.4. The lowest BCUT2D eigenvalue weighted by molar-refractivity contribution is 0.0697. The molecular weight excluding hydrogens is 348 g/mol. The smallest absolute Gasteiger partial charge is 0.336 e. The number of pyridine rings is 1. The Labute approximate surface area is 165 Å². The number of carboxylic acid groups (broad SMARTS) is 1. The lowest BCUT2D eigenvalue weighted by atomic mass is 9.80. The van der Waals surface area contributed by atoms with E-state index in [1.165, 1.54) is 0 Å². The fourth-order valence-electron chi connectivity index (χ4n) is 4.05. The Bertz CT molecular complexity index is 1080. The predicted octanol–water partition coefficient (Wildman–Crippen LogP) is 5.12. The molecule has 0 fully saturated rings. The highest BCUT2D eigenvalue weighted by Gasteiger charge is 2.27. The van der Waals surface area contributed by atoms with Crippen LogP contribution in [0, 0.1) is 5.92 Å². The Kier molecular flexibility index (Phi) is 4.63. The van der Waals surface area contributed by atoms with E-state index in [4.69, 9.17) is 4.98 Å². The molecule has 28 heavy (non-hydrogen) atoms. The molecule has 1 aliphatic carbocycles. The van der Waals surface area contributed by atoms with E-state index in [0.29, 0.717) is 11.5 Å². The van der Waals surface area contributed by atoms with Gasteiger partial charge in [-0.25, -0.2) is 9.78 Å². The van der Waals surface area contributed by atoms with Crippen LogP contribution in [0.2, 0.25) is 0 Å². The highest BCUT2D eigenvalue weighted by Crippen LogP contribution is 2.38. The maximum atomic E-state index is 12.1. The SMILES string of the molecule is CC1C/C(=C/c2ccc(N(C)C)cc2)c2nc3ccccc3c(C(=O)O)c2C1. The summed E-state index contributed by atoms with van der Waals surface area (Å²) in [7, 11) is 4.05. The molecule has 1 heterocycles. The fourth-order valence-corrected chi connectivity index (χ4v) is 4.05. The van der Waals surface area contributed by atoms with Gasteiger partial charge in [0.1, 0.15) is 0 Å². The van der Waals surface area contributed by atoms with Gasteiger partial charge in [-0.1, -0.05) is 37.3 Å². The number of allylic oxidation sites excluding steroid dienone is 1. The van der Waals surface area contributed by atoms with Crippen LogP contribution in [-0.2, 0) is 6.42 Å². The molecule has 0 amide bonds. The van der Waals surface area contributed by atoms with Crippen molar-refractivity contribution in [1.82, 2.24) is 4.98 Å².